The Labute approximate surface area is 234 Å². The number of thioether (sulfide) groups is 1. The van der Waals surface area contributed by atoms with Crippen molar-refractivity contribution in [3.63, 3.8) is 0 Å². The van der Waals surface area contributed by atoms with Crippen molar-refractivity contribution in [2.24, 2.45) is 5.92 Å². The van der Waals surface area contributed by atoms with E-state index in [9.17, 15) is 0 Å². The Balaban J connectivity index is 0.000000983. The van der Waals surface area contributed by atoms with Crippen LogP contribution in [0.3, 0.4) is 0 Å². The van der Waals surface area contributed by atoms with Gasteiger partial charge in [0.2, 0.25) is 0 Å². The van der Waals surface area contributed by atoms with Crippen LogP contribution in [0.2, 0.25) is 0 Å². The Morgan fingerprint density at radius 2 is 1.62 bits per heavy atom. The molecule has 3 unspecified atom stereocenters. The van der Waals surface area contributed by atoms with Crippen LogP contribution in [0.5, 0.6) is 5.88 Å². The fourth-order valence-electron chi connectivity index (χ4n) is 5.54. The van der Waals surface area contributed by atoms with E-state index in [1.807, 2.05) is 71.7 Å². The van der Waals surface area contributed by atoms with Crippen molar-refractivity contribution < 1.29 is 13.9 Å². The van der Waals surface area contributed by atoms with Crippen LogP contribution < -0.4 is 10.5 Å². The summed E-state index contributed by atoms with van der Waals surface area (Å²) >= 11 is 1.75. The number of ether oxygens (including phenoxy) is 2. The molecule has 1 aliphatic heterocycles. The van der Waals surface area contributed by atoms with Crippen LogP contribution in [0.4, 0.5) is 10.1 Å². The standard InChI is InChI=1S/C30H32FN3O2.C2H6S/c1-19-5-14-24(16-19)36-29-18-26-27(34(29)28-4-2-3-15-35-28)17-25(31)30(33-26)22-8-6-20(7-9-22)21-10-12-23(32)13-11-21;1-3-2/h6-13,17-19,24,28H,2-5,14-16,32H2,1H3;1-2H3. The first-order chi connectivity index (χ1) is 19.0. The molecule has 2 aromatic heterocycles. The van der Waals surface area contributed by atoms with Gasteiger partial charge in [-0.2, -0.15) is 11.8 Å². The van der Waals surface area contributed by atoms with Gasteiger partial charge in [0, 0.05) is 30.0 Å². The molecule has 5 nitrogen and oxygen atoms in total. The van der Waals surface area contributed by atoms with E-state index in [2.05, 4.69) is 6.92 Å². The fourth-order valence-corrected chi connectivity index (χ4v) is 5.54. The van der Waals surface area contributed by atoms with Crippen LogP contribution in [-0.4, -0.2) is 34.8 Å². The Kier molecular flexibility index (Phi) is 8.78. The highest BCUT2D eigenvalue weighted by molar-refractivity contribution is 7.97. The largest absolute Gasteiger partial charge is 0.475 e. The number of nitrogens with two attached hydrogens (primary N) is 1. The fraction of sp³-hybridized carbons (Fsp3) is 0.406. The third-order valence-corrected chi connectivity index (χ3v) is 7.52. The van der Waals surface area contributed by atoms with Gasteiger partial charge in [0.25, 0.3) is 0 Å². The summed E-state index contributed by atoms with van der Waals surface area (Å²) in [6.45, 7) is 2.98. The van der Waals surface area contributed by atoms with Crippen molar-refractivity contribution in [3.8, 4) is 28.3 Å². The molecular weight excluding hydrogens is 509 g/mol. The second-order valence-corrected chi connectivity index (χ2v) is 11.5. The zero-order valence-electron chi connectivity index (χ0n) is 23.0. The van der Waals surface area contributed by atoms with Crippen molar-refractivity contribution in [2.75, 3.05) is 24.9 Å². The number of nitrogens with zero attached hydrogens (tertiary/aromatic N) is 2. The molecule has 0 spiro atoms. The summed E-state index contributed by atoms with van der Waals surface area (Å²) in [5, 5.41) is 0. The molecule has 3 heterocycles. The van der Waals surface area contributed by atoms with E-state index in [1.54, 1.807) is 17.8 Å². The molecular formula is C32H38FN3O2S. The highest BCUT2D eigenvalue weighted by Crippen LogP contribution is 2.38. The average molecular weight is 548 g/mol. The van der Waals surface area contributed by atoms with Gasteiger partial charge in [0.1, 0.15) is 18.0 Å². The number of nitrogen functional groups attached to an aromatic ring is 1. The van der Waals surface area contributed by atoms with Crippen LogP contribution in [-0.2, 0) is 4.74 Å². The van der Waals surface area contributed by atoms with Gasteiger partial charge < -0.3 is 15.2 Å². The van der Waals surface area contributed by atoms with Crippen LogP contribution >= 0.6 is 11.8 Å². The number of benzene rings is 2. The molecule has 2 fully saturated rings. The first-order valence-electron chi connectivity index (χ1n) is 13.8. The Bertz CT molecular complexity index is 1380. The summed E-state index contributed by atoms with van der Waals surface area (Å²) in [6, 6.07) is 19.1. The molecule has 1 aliphatic carbocycles. The average Bonchev–Trinajstić information content (AvgIpc) is 3.51. The molecule has 2 aromatic carbocycles. The number of hydrogen-bond acceptors (Lipinski definition) is 5. The van der Waals surface area contributed by atoms with Crippen molar-refractivity contribution in [3.05, 3.63) is 66.5 Å². The SMILES string of the molecule is CC1CCC(Oc2cc3nc(-c4ccc(-c5ccc(N)cc5)cc4)c(F)cc3n2C2CCCCO2)C1.CSC. The van der Waals surface area contributed by atoms with Crippen LogP contribution in [0, 0.1) is 11.7 Å². The monoisotopic (exact) mass is 547 g/mol. The Hall–Kier alpha value is -3.03. The number of pyridine rings is 1. The normalized spacial score (nSPS) is 21.0. The first-order valence-corrected chi connectivity index (χ1v) is 15.5. The van der Waals surface area contributed by atoms with E-state index in [-0.39, 0.29) is 18.1 Å². The lowest BCUT2D eigenvalue weighted by atomic mass is 10.0. The minimum atomic E-state index is -0.348. The molecule has 0 bridgehead atoms. The van der Waals surface area contributed by atoms with Crippen molar-refractivity contribution in [2.45, 2.75) is 57.8 Å². The van der Waals surface area contributed by atoms with E-state index in [4.69, 9.17) is 20.2 Å². The highest BCUT2D eigenvalue weighted by atomic mass is 32.2. The number of halogens is 1. The van der Waals surface area contributed by atoms with Gasteiger partial charge in [0.15, 0.2) is 11.7 Å². The Morgan fingerprint density at radius 3 is 2.23 bits per heavy atom. The maximum atomic E-state index is 15.5. The minimum absolute atomic E-state index is 0.156. The van der Waals surface area contributed by atoms with Gasteiger partial charge in [-0.1, -0.05) is 43.3 Å². The number of rotatable bonds is 5. The van der Waals surface area contributed by atoms with E-state index in [1.165, 1.54) is 6.42 Å². The summed E-state index contributed by atoms with van der Waals surface area (Å²) in [5.41, 5.74) is 11.2. The molecule has 7 heteroatoms. The van der Waals surface area contributed by atoms with Crippen molar-refractivity contribution >= 4 is 28.5 Å². The summed E-state index contributed by atoms with van der Waals surface area (Å²) in [5.74, 6) is 1.05. The summed E-state index contributed by atoms with van der Waals surface area (Å²) in [6.07, 6.45) is 10.4. The predicted octanol–water partition coefficient (Wildman–Crippen LogP) is 8.34. The molecule has 2 aliphatic rings. The third kappa shape index (κ3) is 6.25. The second-order valence-electron chi connectivity index (χ2n) is 10.7. The number of hydrogen-bond donors (Lipinski definition) is 1. The smallest absolute Gasteiger partial charge is 0.198 e. The molecule has 3 atom stereocenters. The van der Waals surface area contributed by atoms with Gasteiger partial charge in [0.05, 0.1) is 11.0 Å². The summed E-state index contributed by atoms with van der Waals surface area (Å²) in [4.78, 5) is 4.78. The van der Waals surface area contributed by atoms with Crippen LogP contribution in [0.15, 0.2) is 60.7 Å². The third-order valence-electron chi connectivity index (χ3n) is 7.52. The van der Waals surface area contributed by atoms with E-state index < -0.39 is 0 Å². The van der Waals surface area contributed by atoms with E-state index >= 15 is 4.39 Å². The molecule has 6 rings (SSSR count). The zero-order chi connectivity index (χ0) is 27.4. The van der Waals surface area contributed by atoms with Gasteiger partial charge in [-0.3, -0.25) is 4.57 Å². The number of fused-ring (bicyclic) bond motifs is 1. The molecule has 206 valence electrons. The lowest BCUT2D eigenvalue weighted by molar-refractivity contribution is -0.0347. The lowest BCUT2D eigenvalue weighted by Gasteiger charge is -2.27. The quantitative estimate of drug-likeness (QED) is 0.255. The summed E-state index contributed by atoms with van der Waals surface area (Å²) in [7, 11) is 0. The van der Waals surface area contributed by atoms with Gasteiger partial charge in [-0.05, 0) is 80.2 Å². The van der Waals surface area contributed by atoms with Crippen molar-refractivity contribution in [1.82, 2.24) is 9.55 Å². The number of aromatic nitrogens is 2. The Morgan fingerprint density at radius 1 is 0.949 bits per heavy atom. The molecule has 2 N–H and O–H groups in total. The maximum absolute atomic E-state index is 15.5. The van der Waals surface area contributed by atoms with Gasteiger partial charge in [-0.25, -0.2) is 9.37 Å². The lowest BCUT2D eigenvalue weighted by Crippen LogP contribution is -2.21. The molecule has 0 radical (unpaired) electrons. The molecule has 4 aromatic rings. The molecule has 1 saturated heterocycles. The van der Waals surface area contributed by atoms with E-state index in [0.29, 0.717) is 18.2 Å². The van der Waals surface area contributed by atoms with Crippen LogP contribution in [0.1, 0.15) is 51.7 Å². The van der Waals surface area contributed by atoms with Crippen LogP contribution in [0.25, 0.3) is 33.4 Å². The predicted molar refractivity (Wildman–Crippen MR) is 161 cm³/mol. The number of anilines is 1. The molecule has 1 saturated carbocycles. The van der Waals surface area contributed by atoms with Gasteiger partial charge in [-0.15, -0.1) is 0 Å². The second kappa shape index (κ2) is 12.4. The van der Waals surface area contributed by atoms with Gasteiger partial charge >= 0.3 is 0 Å². The zero-order valence-corrected chi connectivity index (χ0v) is 23.8. The molecule has 0 amide bonds. The topological polar surface area (TPSA) is 62.3 Å². The van der Waals surface area contributed by atoms with E-state index in [0.717, 1.165) is 71.4 Å². The first kappa shape index (κ1) is 27.5. The maximum Gasteiger partial charge on any atom is 0.198 e. The summed E-state index contributed by atoms with van der Waals surface area (Å²) < 4.78 is 30.1. The van der Waals surface area contributed by atoms with Crippen molar-refractivity contribution in [1.29, 1.82) is 0 Å². The molecule has 39 heavy (non-hydrogen) atoms. The highest BCUT2D eigenvalue weighted by Gasteiger charge is 2.28. The minimum Gasteiger partial charge on any atom is -0.475 e.